The van der Waals surface area contributed by atoms with E-state index in [0.29, 0.717) is 12.1 Å². The number of anilines is 1. The SMILES string of the molecule is Cc1cc(NCc2ccccc2CN2CCOCC2)c2cccc([N+](=O)[O-])c2n1. The topological polar surface area (TPSA) is 80.5 Å². The fourth-order valence-electron chi connectivity index (χ4n) is 3.73. The number of nitro benzene ring substituents is 1. The summed E-state index contributed by atoms with van der Waals surface area (Å²) in [5.74, 6) is 0. The van der Waals surface area contributed by atoms with Crippen LogP contribution in [0.3, 0.4) is 0 Å². The maximum atomic E-state index is 11.4. The van der Waals surface area contributed by atoms with E-state index in [9.17, 15) is 10.1 Å². The van der Waals surface area contributed by atoms with Gasteiger partial charge in [-0.15, -0.1) is 0 Å². The van der Waals surface area contributed by atoms with Crippen LogP contribution in [0.2, 0.25) is 0 Å². The summed E-state index contributed by atoms with van der Waals surface area (Å²) < 4.78 is 5.44. The zero-order valence-electron chi connectivity index (χ0n) is 16.4. The number of benzene rings is 2. The Bertz CT molecular complexity index is 1030. The molecule has 2 aromatic carbocycles. The van der Waals surface area contributed by atoms with Gasteiger partial charge in [0.25, 0.3) is 5.69 Å². The predicted octanol–water partition coefficient (Wildman–Crippen LogP) is 3.90. The number of aryl methyl sites for hydroxylation is 1. The highest BCUT2D eigenvalue weighted by Crippen LogP contribution is 2.30. The first kappa shape index (κ1) is 19.3. The highest BCUT2D eigenvalue weighted by atomic mass is 16.6. The van der Waals surface area contributed by atoms with E-state index >= 15 is 0 Å². The Balaban J connectivity index is 1.59. The number of nitrogens with zero attached hydrogens (tertiary/aromatic N) is 3. The molecule has 7 nitrogen and oxygen atoms in total. The second-order valence-electron chi connectivity index (χ2n) is 7.25. The lowest BCUT2D eigenvalue weighted by atomic mass is 10.1. The third-order valence-corrected chi connectivity index (χ3v) is 5.23. The summed E-state index contributed by atoms with van der Waals surface area (Å²) >= 11 is 0. The molecule has 0 radical (unpaired) electrons. The van der Waals surface area contributed by atoms with Gasteiger partial charge in [0, 0.05) is 49.0 Å². The number of pyridine rings is 1. The van der Waals surface area contributed by atoms with E-state index in [0.717, 1.165) is 49.6 Å². The number of morpholine rings is 1. The largest absolute Gasteiger partial charge is 0.380 e. The van der Waals surface area contributed by atoms with E-state index in [1.54, 1.807) is 6.07 Å². The third kappa shape index (κ3) is 4.36. The highest BCUT2D eigenvalue weighted by molar-refractivity contribution is 5.96. The fourth-order valence-corrected chi connectivity index (χ4v) is 3.73. The molecule has 0 bridgehead atoms. The summed E-state index contributed by atoms with van der Waals surface area (Å²) in [6.45, 7) is 6.83. The van der Waals surface area contributed by atoms with Crippen LogP contribution in [-0.2, 0) is 17.8 Å². The lowest BCUT2D eigenvalue weighted by molar-refractivity contribution is -0.383. The maximum absolute atomic E-state index is 11.4. The summed E-state index contributed by atoms with van der Waals surface area (Å²) in [7, 11) is 0. The third-order valence-electron chi connectivity index (χ3n) is 5.23. The van der Waals surface area contributed by atoms with E-state index in [2.05, 4.69) is 33.4 Å². The number of rotatable bonds is 6. The van der Waals surface area contributed by atoms with Gasteiger partial charge in [0.15, 0.2) is 5.52 Å². The van der Waals surface area contributed by atoms with Gasteiger partial charge in [-0.2, -0.15) is 0 Å². The standard InChI is InChI=1S/C22H24N4O3/c1-16-13-20(19-7-4-8-21(26(27)28)22(19)24-16)23-14-17-5-2-3-6-18(17)15-25-9-11-29-12-10-25/h2-8,13H,9-12,14-15H2,1H3,(H,23,24). The van der Waals surface area contributed by atoms with Crippen LogP contribution < -0.4 is 5.32 Å². The molecule has 1 aliphatic heterocycles. The van der Waals surface area contributed by atoms with Crippen molar-refractivity contribution >= 4 is 22.3 Å². The number of fused-ring (bicyclic) bond motifs is 1. The normalized spacial score (nSPS) is 14.8. The van der Waals surface area contributed by atoms with E-state index in [1.165, 1.54) is 17.2 Å². The number of nitrogens with one attached hydrogen (secondary N) is 1. The second kappa shape index (κ2) is 8.55. The first-order chi connectivity index (χ1) is 14.1. The van der Waals surface area contributed by atoms with Crippen LogP contribution in [0.25, 0.3) is 10.9 Å². The lowest BCUT2D eigenvalue weighted by Gasteiger charge is -2.27. The number of ether oxygens (including phenoxy) is 1. The Labute approximate surface area is 169 Å². The summed E-state index contributed by atoms with van der Waals surface area (Å²) in [6.07, 6.45) is 0. The van der Waals surface area contributed by atoms with Crippen LogP contribution in [0.5, 0.6) is 0 Å². The second-order valence-corrected chi connectivity index (χ2v) is 7.25. The van der Waals surface area contributed by atoms with Gasteiger partial charge in [0.2, 0.25) is 0 Å². The summed E-state index contributed by atoms with van der Waals surface area (Å²) in [6, 6.07) is 15.4. The molecule has 4 rings (SSSR count). The first-order valence-corrected chi connectivity index (χ1v) is 9.77. The van der Waals surface area contributed by atoms with E-state index < -0.39 is 0 Å². The number of aromatic nitrogens is 1. The van der Waals surface area contributed by atoms with Gasteiger partial charge in [-0.1, -0.05) is 36.4 Å². The number of hydrogen-bond donors (Lipinski definition) is 1. The van der Waals surface area contributed by atoms with Crippen LogP contribution in [0, 0.1) is 17.0 Å². The lowest BCUT2D eigenvalue weighted by Crippen LogP contribution is -2.35. The molecular formula is C22H24N4O3. The fraction of sp³-hybridized carbons (Fsp3) is 0.318. The van der Waals surface area contributed by atoms with Crippen LogP contribution >= 0.6 is 0 Å². The first-order valence-electron chi connectivity index (χ1n) is 9.77. The molecular weight excluding hydrogens is 368 g/mol. The Morgan fingerprint density at radius 1 is 1.14 bits per heavy atom. The molecule has 150 valence electrons. The zero-order chi connectivity index (χ0) is 20.2. The molecule has 1 fully saturated rings. The predicted molar refractivity (Wildman–Crippen MR) is 113 cm³/mol. The smallest absolute Gasteiger partial charge is 0.295 e. The quantitative estimate of drug-likeness (QED) is 0.506. The molecule has 29 heavy (non-hydrogen) atoms. The van der Waals surface area contributed by atoms with Crippen molar-refractivity contribution in [2.45, 2.75) is 20.0 Å². The van der Waals surface area contributed by atoms with Crippen molar-refractivity contribution in [3.05, 3.63) is 75.5 Å². The van der Waals surface area contributed by atoms with Gasteiger partial charge in [0.1, 0.15) is 0 Å². The van der Waals surface area contributed by atoms with Crippen LogP contribution in [0.15, 0.2) is 48.5 Å². The van der Waals surface area contributed by atoms with Crippen LogP contribution in [0.1, 0.15) is 16.8 Å². The molecule has 1 N–H and O–H groups in total. The number of nitro groups is 1. The molecule has 0 atom stereocenters. The Morgan fingerprint density at radius 3 is 2.66 bits per heavy atom. The summed E-state index contributed by atoms with van der Waals surface area (Å²) in [5, 5.41) is 15.6. The van der Waals surface area contributed by atoms with Gasteiger partial charge in [-0.05, 0) is 24.1 Å². The van der Waals surface area contributed by atoms with Crippen molar-refractivity contribution in [1.82, 2.24) is 9.88 Å². The number of para-hydroxylation sites is 1. The monoisotopic (exact) mass is 392 g/mol. The zero-order valence-corrected chi connectivity index (χ0v) is 16.4. The van der Waals surface area contributed by atoms with Crippen molar-refractivity contribution in [3.8, 4) is 0 Å². The summed E-state index contributed by atoms with van der Waals surface area (Å²) in [4.78, 5) is 17.8. The Morgan fingerprint density at radius 2 is 1.90 bits per heavy atom. The molecule has 1 saturated heterocycles. The van der Waals surface area contributed by atoms with Gasteiger partial charge in [0.05, 0.1) is 18.1 Å². The minimum Gasteiger partial charge on any atom is -0.380 e. The van der Waals surface area contributed by atoms with E-state index in [-0.39, 0.29) is 10.6 Å². The van der Waals surface area contributed by atoms with E-state index in [4.69, 9.17) is 4.74 Å². The van der Waals surface area contributed by atoms with Gasteiger partial charge >= 0.3 is 0 Å². The van der Waals surface area contributed by atoms with Gasteiger partial charge < -0.3 is 10.1 Å². The molecule has 0 unspecified atom stereocenters. The molecule has 0 saturated carbocycles. The number of non-ortho nitro benzene ring substituents is 1. The average molecular weight is 392 g/mol. The van der Waals surface area contributed by atoms with Crippen molar-refractivity contribution in [3.63, 3.8) is 0 Å². The van der Waals surface area contributed by atoms with Gasteiger partial charge in [-0.25, -0.2) is 4.98 Å². The molecule has 2 heterocycles. The van der Waals surface area contributed by atoms with Crippen LogP contribution in [0.4, 0.5) is 11.4 Å². The van der Waals surface area contributed by atoms with Crippen LogP contribution in [-0.4, -0.2) is 41.1 Å². The Kier molecular flexibility index (Phi) is 5.69. The Hall–Kier alpha value is -3.03. The molecule has 0 amide bonds. The molecule has 7 heteroatoms. The number of hydrogen-bond acceptors (Lipinski definition) is 6. The van der Waals surface area contributed by atoms with Crippen molar-refractivity contribution in [2.24, 2.45) is 0 Å². The molecule has 0 aliphatic carbocycles. The van der Waals surface area contributed by atoms with Crippen molar-refractivity contribution in [2.75, 3.05) is 31.6 Å². The van der Waals surface area contributed by atoms with Crippen molar-refractivity contribution in [1.29, 1.82) is 0 Å². The van der Waals surface area contributed by atoms with E-state index in [1.807, 2.05) is 25.1 Å². The molecule has 1 aromatic heterocycles. The average Bonchev–Trinajstić information content (AvgIpc) is 2.73. The maximum Gasteiger partial charge on any atom is 0.295 e. The minimum atomic E-state index is -0.379. The minimum absolute atomic E-state index is 0.0296. The van der Waals surface area contributed by atoms with Gasteiger partial charge in [-0.3, -0.25) is 15.0 Å². The van der Waals surface area contributed by atoms with Crippen molar-refractivity contribution < 1.29 is 9.66 Å². The molecule has 0 spiro atoms. The molecule has 3 aromatic rings. The molecule has 1 aliphatic rings. The highest BCUT2D eigenvalue weighted by Gasteiger charge is 2.16. The summed E-state index contributed by atoms with van der Waals surface area (Å²) in [5.41, 5.74) is 4.55.